The summed E-state index contributed by atoms with van der Waals surface area (Å²) in [6.07, 6.45) is -1.11. The van der Waals surface area contributed by atoms with Gasteiger partial charge in [-0.3, -0.25) is 9.59 Å². The lowest BCUT2D eigenvalue weighted by atomic mass is 10.0. The first kappa shape index (κ1) is 18.7. The number of aromatic amines is 1. The summed E-state index contributed by atoms with van der Waals surface area (Å²) in [6.45, 7) is 6.19. The highest BCUT2D eigenvalue weighted by Crippen LogP contribution is 2.24. The zero-order chi connectivity index (χ0) is 18.9. The number of hydrogen-bond donors (Lipinski definition) is 2. The third kappa shape index (κ3) is 3.74. The minimum Gasteiger partial charge on any atom is -0.507 e. The van der Waals surface area contributed by atoms with E-state index in [0.717, 1.165) is 0 Å². The fourth-order valence-electron chi connectivity index (χ4n) is 2.68. The number of nitrogens with one attached hydrogen (secondary N) is 1. The summed E-state index contributed by atoms with van der Waals surface area (Å²) >= 11 is 5.80. The number of ether oxygens (including phenoxy) is 1. The number of halogens is 1. The number of carbonyl (C=O) groups is 3. The standard InChI is InChI=1S/C18H18ClNO5/c1-8-15(10(3)21)9(2)20-16(8)17(23)11(4)25-18(24)13-7-12(19)5-6-14(13)22/h5-7,11,20,22H,1-4H3/t11-/m1/s1. The first-order chi connectivity index (χ1) is 11.6. The van der Waals surface area contributed by atoms with E-state index in [9.17, 15) is 19.5 Å². The largest absolute Gasteiger partial charge is 0.507 e. The van der Waals surface area contributed by atoms with E-state index in [2.05, 4.69) is 4.98 Å². The molecule has 0 aliphatic heterocycles. The molecule has 1 atom stereocenters. The molecule has 2 aromatic rings. The van der Waals surface area contributed by atoms with Crippen LogP contribution in [-0.4, -0.2) is 33.7 Å². The summed E-state index contributed by atoms with van der Waals surface area (Å²) in [5.74, 6) is -1.78. The lowest BCUT2D eigenvalue weighted by Gasteiger charge is -2.13. The summed E-state index contributed by atoms with van der Waals surface area (Å²) in [5.41, 5.74) is 1.64. The van der Waals surface area contributed by atoms with Gasteiger partial charge in [0.1, 0.15) is 11.3 Å². The Morgan fingerprint density at radius 2 is 1.88 bits per heavy atom. The second kappa shape index (κ2) is 7.11. The van der Waals surface area contributed by atoms with Gasteiger partial charge in [-0.05, 0) is 51.5 Å². The van der Waals surface area contributed by atoms with Gasteiger partial charge < -0.3 is 14.8 Å². The molecule has 0 radical (unpaired) electrons. The number of phenolic OH excluding ortho intramolecular Hbond substituents is 1. The van der Waals surface area contributed by atoms with Gasteiger partial charge in [0, 0.05) is 16.3 Å². The van der Waals surface area contributed by atoms with Crippen LogP contribution in [0.15, 0.2) is 18.2 Å². The molecule has 0 aliphatic carbocycles. The third-order valence-electron chi connectivity index (χ3n) is 3.87. The van der Waals surface area contributed by atoms with Crippen LogP contribution in [-0.2, 0) is 4.74 Å². The molecule has 0 aliphatic rings. The van der Waals surface area contributed by atoms with Gasteiger partial charge >= 0.3 is 5.97 Å². The molecule has 0 fully saturated rings. The van der Waals surface area contributed by atoms with Crippen molar-refractivity contribution in [2.24, 2.45) is 0 Å². The average Bonchev–Trinajstić information content (AvgIpc) is 2.83. The van der Waals surface area contributed by atoms with Gasteiger partial charge in [-0.2, -0.15) is 0 Å². The van der Waals surface area contributed by atoms with Crippen molar-refractivity contribution in [3.05, 3.63) is 51.3 Å². The Kier molecular flexibility index (Phi) is 5.33. The third-order valence-corrected chi connectivity index (χ3v) is 4.10. The number of Topliss-reactive ketones (excluding diaryl/α,β-unsaturated/α-hetero) is 2. The van der Waals surface area contributed by atoms with Crippen molar-refractivity contribution in [3.8, 4) is 5.75 Å². The summed E-state index contributed by atoms with van der Waals surface area (Å²) in [4.78, 5) is 39.3. The van der Waals surface area contributed by atoms with Crippen molar-refractivity contribution >= 4 is 29.1 Å². The fourth-order valence-corrected chi connectivity index (χ4v) is 2.85. The summed E-state index contributed by atoms with van der Waals surface area (Å²) < 4.78 is 5.14. The molecule has 0 saturated carbocycles. The molecule has 6 nitrogen and oxygen atoms in total. The molecule has 0 saturated heterocycles. The van der Waals surface area contributed by atoms with Crippen LogP contribution in [0.5, 0.6) is 5.75 Å². The topological polar surface area (TPSA) is 96.5 Å². The smallest absolute Gasteiger partial charge is 0.342 e. The molecule has 0 unspecified atom stereocenters. The van der Waals surface area contributed by atoms with Crippen LogP contribution < -0.4 is 0 Å². The van der Waals surface area contributed by atoms with Gasteiger partial charge in [0.25, 0.3) is 0 Å². The van der Waals surface area contributed by atoms with Gasteiger partial charge in [-0.15, -0.1) is 0 Å². The molecule has 25 heavy (non-hydrogen) atoms. The predicted molar refractivity (Wildman–Crippen MR) is 92.6 cm³/mol. The molecule has 2 rings (SSSR count). The van der Waals surface area contributed by atoms with Gasteiger partial charge in [-0.1, -0.05) is 11.6 Å². The first-order valence-electron chi connectivity index (χ1n) is 7.57. The predicted octanol–water partition coefficient (Wildman–Crippen LogP) is 3.62. The molecule has 1 aromatic carbocycles. The van der Waals surface area contributed by atoms with E-state index in [0.29, 0.717) is 16.8 Å². The van der Waals surface area contributed by atoms with Crippen molar-refractivity contribution in [1.29, 1.82) is 0 Å². The summed E-state index contributed by atoms with van der Waals surface area (Å²) in [5, 5.41) is 9.99. The summed E-state index contributed by atoms with van der Waals surface area (Å²) in [7, 11) is 0. The molecule has 1 heterocycles. The lowest BCUT2D eigenvalue weighted by molar-refractivity contribution is 0.0314. The number of aromatic hydroxyl groups is 1. The number of aryl methyl sites for hydroxylation is 1. The van der Waals surface area contributed by atoms with Crippen LogP contribution in [0.2, 0.25) is 5.02 Å². The minimum absolute atomic E-state index is 0.129. The number of hydrogen-bond acceptors (Lipinski definition) is 5. The molecule has 2 N–H and O–H groups in total. The quantitative estimate of drug-likeness (QED) is 0.624. The minimum atomic E-state index is -1.11. The Morgan fingerprint density at radius 3 is 2.44 bits per heavy atom. The maximum atomic E-state index is 12.6. The lowest BCUT2D eigenvalue weighted by Crippen LogP contribution is -2.25. The van der Waals surface area contributed by atoms with E-state index < -0.39 is 17.9 Å². The van der Waals surface area contributed by atoms with Crippen LogP contribution >= 0.6 is 11.6 Å². The van der Waals surface area contributed by atoms with E-state index in [1.807, 2.05) is 0 Å². The van der Waals surface area contributed by atoms with Gasteiger partial charge in [0.2, 0.25) is 5.78 Å². The first-order valence-corrected chi connectivity index (χ1v) is 7.95. The number of esters is 1. The number of carbonyl (C=O) groups excluding carboxylic acids is 3. The molecular formula is C18H18ClNO5. The fraction of sp³-hybridized carbons (Fsp3) is 0.278. The summed E-state index contributed by atoms with van der Waals surface area (Å²) in [6, 6.07) is 3.95. The Morgan fingerprint density at radius 1 is 1.24 bits per heavy atom. The normalized spacial score (nSPS) is 11.9. The molecule has 0 bridgehead atoms. The van der Waals surface area contributed by atoms with Crippen molar-refractivity contribution in [1.82, 2.24) is 4.98 Å². The molecular weight excluding hydrogens is 346 g/mol. The van der Waals surface area contributed by atoms with E-state index in [1.54, 1.807) is 13.8 Å². The highest BCUT2D eigenvalue weighted by Gasteiger charge is 2.27. The number of phenols is 1. The SMILES string of the molecule is CC(=O)c1c(C)[nH]c(C(=O)[C@@H](C)OC(=O)c2cc(Cl)ccc2O)c1C. The van der Waals surface area contributed by atoms with Gasteiger partial charge in [0.15, 0.2) is 11.9 Å². The van der Waals surface area contributed by atoms with Gasteiger partial charge in [0.05, 0.1) is 5.69 Å². The van der Waals surface area contributed by atoms with Crippen LogP contribution in [0.1, 0.15) is 56.3 Å². The van der Waals surface area contributed by atoms with Crippen LogP contribution in [0.4, 0.5) is 0 Å². The number of H-pyrrole nitrogens is 1. The Hall–Kier alpha value is -2.60. The highest BCUT2D eigenvalue weighted by atomic mass is 35.5. The molecule has 1 aromatic heterocycles. The Bertz CT molecular complexity index is 869. The number of aromatic nitrogens is 1. The Labute approximate surface area is 149 Å². The maximum Gasteiger partial charge on any atom is 0.342 e. The second-order valence-corrected chi connectivity index (χ2v) is 6.19. The van der Waals surface area contributed by atoms with Crippen LogP contribution in [0.3, 0.4) is 0 Å². The van der Waals surface area contributed by atoms with Gasteiger partial charge in [-0.25, -0.2) is 4.79 Å². The highest BCUT2D eigenvalue weighted by molar-refractivity contribution is 6.31. The van der Waals surface area contributed by atoms with E-state index >= 15 is 0 Å². The number of rotatable bonds is 5. The van der Waals surface area contributed by atoms with Crippen molar-refractivity contribution in [3.63, 3.8) is 0 Å². The second-order valence-electron chi connectivity index (χ2n) is 5.75. The van der Waals surface area contributed by atoms with Crippen molar-refractivity contribution in [2.45, 2.75) is 33.8 Å². The zero-order valence-corrected chi connectivity index (χ0v) is 15.0. The van der Waals surface area contributed by atoms with Crippen LogP contribution in [0, 0.1) is 13.8 Å². The van der Waals surface area contributed by atoms with E-state index in [4.69, 9.17) is 16.3 Å². The van der Waals surface area contributed by atoms with Crippen molar-refractivity contribution < 1.29 is 24.2 Å². The molecule has 0 amide bonds. The van der Waals surface area contributed by atoms with E-state index in [-0.39, 0.29) is 27.8 Å². The molecule has 7 heteroatoms. The van der Waals surface area contributed by atoms with Crippen molar-refractivity contribution in [2.75, 3.05) is 0 Å². The molecule has 132 valence electrons. The number of benzene rings is 1. The maximum absolute atomic E-state index is 12.6. The van der Waals surface area contributed by atoms with Crippen LogP contribution in [0.25, 0.3) is 0 Å². The number of ketones is 2. The van der Waals surface area contributed by atoms with E-state index in [1.165, 1.54) is 32.0 Å². The average molecular weight is 364 g/mol. The zero-order valence-electron chi connectivity index (χ0n) is 14.3. The molecule has 0 spiro atoms. The monoisotopic (exact) mass is 363 g/mol. The Balaban J connectivity index is 2.24.